The summed E-state index contributed by atoms with van der Waals surface area (Å²) >= 11 is 0. The van der Waals surface area contributed by atoms with Crippen LogP contribution >= 0.6 is 0 Å². The summed E-state index contributed by atoms with van der Waals surface area (Å²) in [6, 6.07) is 4.97. The summed E-state index contributed by atoms with van der Waals surface area (Å²) in [5, 5.41) is 13.8. The monoisotopic (exact) mass is 224 g/mol. The molecule has 0 heterocycles. The molecule has 0 saturated carbocycles. The van der Waals surface area contributed by atoms with E-state index in [2.05, 4.69) is 5.32 Å². The van der Waals surface area contributed by atoms with E-state index in [4.69, 9.17) is 4.74 Å². The van der Waals surface area contributed by atoms with Gasteiger partial charge in [0.1, 0.15) is 5.69 Å². The maximum Gasteiger partial charge on any atom is 0.292 e. The highest BCUT2D eigenvalue weighted by Gasteiger charge is 2.13. The van der Waals surface area contributed by atoms with E-state index in [1.165, 1.54) is 6.07 Å². The van der Waals surface area contributed by atoms with Gasteiger partial charge in [-0.25, -0.2) is 0 Å². The topological polar surface area (TPSA) is 64.4 Å². The van der Waals surface area contributed by atoms with Crippen molar-refractivity contribution >= 4 is 11.4 Å². The third-order valence-corrected chi connectivity index (χ3v) is 2.13. The van der Waals surface area contributed by atoms with Crippen molar-refractivity contribution in [3.63, 3.8) is 0 Å². The largest absolute Gasteiger partial charge is 0.380 e. The van der Waals surface area contributed by atoms with Gasteiger partial charge in [-0.15, -0.1) is 0 Å². The van der Waals surface area contributed by atoms with Gasteiger partial charge in [0, 0.05) is 19.7 Å². The lowest BCUT2D eigenvalue weighted by Crippen LogP contribution is -2.04. The van der Waals surface area contributed by atoms with E-state index in [0.717, 1.165) is 18.5 Å². The lowest BCUT2D eigenvalue weighted by atomic mass is 10.2. The molecule has 1 N–H and O–H groups in total. The number of anilines is 1. The Morgan fingerprint density at radius 2 is 2.25 bits per heavy atom. The Labute approximate surface area is 94.6 Å². The number of rotatable bonds is 6. The zero-order chi connectivity index (χ0) is 12.0. The van der Waals surface area contributed by atoms with Crippen LogP contribution in [-0.2, 0) is 11.3 Å². The lowest BCUT2D eigenvalue weighted by Gasteiger charge is -2.07. The van der Waals surface area contributed by atoms with Gasteiger partial charge in [0.25, 0.3) is 5.69 Å². The summed E-state index contributed by atoms with van der Waals surface area (Å²) in [5.74, 6) is 0. The quantitative estimate of drug-likeness (QED) is 0.595. The molecule has 0 aliphatic heterocycles. The average molecular weight is 224 g/mol. The average Bonchev–Trinajstić information content (AvgIpc) is 2.26. The number of nitrogens with zero attached hydrogens (tertiary/aromatic N) is 1. The van der Waals surface area contributed by atoms with Gasteiger partial charge in [0.15, 0.2) is 0 Å². The first-order valence-electron chi connectivity index (χ1n) is 5.19. The van der Waals surface area contributed by atoms with Gasteiger partial charge in [-0.1, -0.05) is 6.92 Å². The Morgan fingerprint density at radius 1 is 1.50 bits per heavy atom. The second-order valence-corrected chi connectivity index (χ2v) is 3.47. The van der Waals surface area contributed by atoms with E-state index in [-0.39, 0.29) is 10.6 Å². The van der Waals surface area contributed by atoms with E-state index < -0.39 is 0 Å². The molecule has 0 saturated heterocycles. The van der Waals surface area contributed by atoms with E-state index in [1.54, 1.807) is 19.2 Å². The third-order valence-electron chi connectivity index (χ3n) is 2.13. The summed E-state index contributed by atoms with van der Waals surface area (Å²) in [6.07, 6.45) is 0.922. The van der Waals surface area contributed by atoms with Crippen molar-refractivity contribution in [2.45, 2.75) is 20.0 Å². The van der Waals surface area contributed by atoms with Crippen LogP contribution in [0, 0.1) is 10.1 Å². The molecule has 1 rings (SSSR count). The van der Waals surface area contributed by atoms with Gasteiger partial charge in [-0.2, -0.15) is 0 Å². The SMILES string of the molecule is CCCNc1cc(COC)ccc1[N+](=O)[O-]. The number of hydrogen-bond donors (Lipinski definition) is 1. The Balaban J connectivity index is 2.95. The lowest BCUT2D eigenvalue weighted by molar-refractivity contribution is -0.384. The highest BCUT2D eigenvalue weighted by Crippen LogP contribution is 2.25. The van der Waals surface area contributed by atoms with Gasteiger partial charge in [0.2, 0.25) is 0 Å². The molecule has 0 aromatic heterocycles. The van der Waals surface area contributed by atoms with E-state index in [9.17, 15) is 10.1 Å². The van der Waals surface area contributed by atoms with Crippen molar-refractivity contribution < 1.29 is 9.66 Å². The summed E-state index contributed by atoms with van der Waals surface area (Å²) in [5.41, 5.74) is 1.58. The number of hydrogen-bond acceptors (Lipinski definition) is 4. The fourth-order valence-electron chi connectivity index (χ4n) is 1.40. The number of nitro benzene ring substituents is 1. The van der Waals surface area contributed by atoms with Crippen molar-refractivity contribution in [1.29, 1.82) is 0 Å². The van der Waals surface area contributed by atoms with Crippen LogP contribution < -0.4 is 5.32 Å². The summed E-state index contributed by atoms with van der Waals surface area (Å²) in [4.78, 5) is 10.4. The molecule has 5 nitrogen and oxygen atoms in total. The van der Waals surface area contributed by atoms with Crippen LogP contribution in [0.25, 0.3) is 0 Å². The maximum atomic E-state index is 10.8. The molecule has 0 aliphatic carbocycles. The van der Waals surface area contributed by atoms with Crippen LogP contribution in [0.15, 0.2) is 18.2 Å². The fraction of sp³-hybridized carbons (Fsp3) is 0.455. The predicted octanol–water partition coefficient (Wildman–Crippen LogP) is 2.56. The highest BCUT2D eigenvalue weighted by molar-refractivity contribution is 5.62. The minimum absolute atomic E-state index is 0.105. The predicted molar refractivity (Wildman–Crippen MR) is 62.6 cm³/mol. The molecule has 1 aromatic rings. The maximum absolute atomic E-state index is 10.8. The van der Waals surface area contributed by atoms with Crippen molar-refractivity contribution in [2.75, 3.05) is 19.0 Å². The van der Waals surface area contributed by atoms with E-state index in [0.29, 0.717) is 12.3 Å². The molecule has 0 bridgehead atoms. The minimum Gasteiger partial charge on any atom is -0.380 e. The van der Waals surface area contributed by atoms with Crippen LogP contribution in [-0.4, -0.2) is 18.6 Å². The molecule has 5 heteroatoms. The van der Waals surface area contributed by atoms with Gasteiger partial charge in [-0.3, -0.25) is 10.1 Å². The Bertz CT molecular complexity index is 366. The number of methoxy groups -OCH3 is 1. The van der Waals surface area contributed by atoms with Gasteiger partial charge >= 0.3 is 0 Å². The standard InChI is InChI=1S/C11H16N2O3/c1-3-6-12-10-7-9(8-16-2)4-5-11(10)13(14)15/h4-5,7,12H,3,6,8H2,1-2H3. The van der Waals surface area contributed by atoms with Crippen molar-refractivity contribution in [3.8, 4) is 0 Å². The number of ether oxygens (including phenoxy) is 1. The molecular formula is C11H16N2O3. The van der Waals surface area contributed by atoms with Crippen molar-refractivity contribution in [2.24, 2.45) is 0 Å². The highest BCUT2D eigenvalue weighted by atomic mass is 16.6. The minimum atomic E-state index is -0.380. The Kier molecular flexibility index (Phi) is 4.72. The molecule has 88 valence electrons. The second kappa shape index (κ2) is 6.07. The van der Waals surface area contributed by atoms with E-state index in [1.807, 2.05) is 6.92 Å². The van der Waals surface area contributed by atoms with Crippen LogP contribution in [0.3, 0.4) is 0 Å². The summed E-state index contributed by atoms with van der Waals surface area (Å²) in [7, 11) is 1.60. The van der Waals surface area contributed by atoms with Crippen LogP contribution in [0.5, 0.6) is 0 Å². The second-order valence-electron chi connectivity index (χ2n) is 3.47. The molecule has 16 heavy (non-hydrogen) atoms. The first kappa shape index (κ1) is 12.4. The van der Waals surface area contributed by atoms with Crippen molar-refractivity contribution in [3.05, 3.63) is 33.9 Å². The molecule has 0 unspecified atom stereocenters. The molecule has 0 fully saturated rings. The smallest absolute Gasteiger partial charge is 0.292 e. The molecular weight excluding hydrogens is 208 g/mol. The molecule has 0 aliphatic rings. The Morgan fingerprint density at radius 3 is 2.81 bits per heavy atom. The third kappa shape index (κ3) is 3.20. The van der Waals surface area contributed by atoms with Crippen LogP contribution in [0.2, 0.25) is 0 Å². The zero-order valence-electron chi connectivity index (χ0n) is 9.53. The van der Waals surface area contributed by atoms with Crippen LogP contribution in [0.4, 0.5) is 11.4 Å². The molecule has 0 radical (unpaired) electrons. The number of nitrogens with one attached hydrogen (secondary N) is 1. The first-order chi connectivity index (χ1) is 7.69. The van der Waals surface area contributed by atoms with Crippen molar-refractivity contribution in [1.82, 2.24) is 0 Å². The first-order valence-corrected chi connectivity index (χ1v) is 5.19. The van der Waals surface area contributed by atoms with Gasteiger partial charge < -0.3 is 10.1 Å². The van der Waals surface area contributed by atoms with Gasteiger partial charge in [-0.05, 0) is 24.1 Å². The summed E-state index contributed by atoms with van der Waals surface area (Å²) < 4.78 is 4.99. The molecule has 1 aromatic carbocycles. The molecule has 0 amide bonds. The van der Waals surface area contributed by atoms with E-state index >= 15 is 0 Å². The van der Waals surface area contributed by atoms with Crippen LogP contribution in [0.1, 0.15) is 18.9 Å². The fourth-order valence-corrected chi connectivity index (χ4v) is 1.40. The molecule has 0 atom stereocenters. The number of benzene rings is 1. The normalized spacial score (nSPS) is 10.1. The zero-order valence-corrected chi connectivity index (χ0v) is 9.53. The Hall–Kier alpha value is -1.62. The number of nitro groups is 1. The summed E-state index contributed by atoms with van der Waals surface area (Å²) in [6.45, 7) is 3.19. The molecule has 0 spiro atoms. The van der Waals surface area contributed by atoms with Gasteiger partial charge in [0.05, 0.1) is 11.5 Å².